The van der Waals surface area contributed by atoms with Crippen LogP contribution in [-0.2, 0) is 9.59 Å². The quantitative estimate of drug-likeness (QED) is 0.655. The maximum atomic E-state index is 13.1. The van der Waals surface area contributed by atoms with Crippen LogP contribution in [0.15, 0.2) is 24.3 Å². The van der Waals surface area contributed by atoms with Gasteiger partial charge < -0.3 is 15.0 Å². The number of nitrogens with zero attached hydrogens (tertiary/aromatic N) is 2. The molecule has 6 heteroatoms. The number of ether oxygens (including phenoxy) is 1. The van der Waals surface area contributed by atoms with Crippen LogP contribution in [0.3, 0.4) is 0 Å². The molecule has 1 N–H and O–H groups in total. The van der Waals surface area contributed by atoms with E-state index < -0.39 is 0 Å². The first-order chi connectivity index (χ1) is 14.0. The zero-order valence-corrected chi connectivity index (χ0v) is 18.2. The fourth-order valence-corrected chi connectivity index (χ4v) is 4.20. The minimum atomic E-state index is -0.355. The lowest BCUT2D eigenvalue weighted by molar-refractivity contribution is -0.129. The minimum absolute atomic E-state index is 0.0192. The van der Waals surface area contributed by atoms with E-state index in [1.165, 1.54) is 12.8 Å². The number of carbonyl (C=O) groups is 2. The molecule has 1 aliphatic heterocycles. The number of likely N-dealkylation sites (tertiary alicyclic amines) is 1. The predicted octanol–water partition coefficient (Wildman–Crippen LogP) is 2.98. The third-order valence-corrected chi connectivity index (χ3v) is 6.37. The number of hydrogen-bond donors (Lipinski definition) is 1. The molecule has 2 amide bonds. The molecule has 1 aromatic carbocycles. The molecule has 2 fully saturated rings. The van der Waals surface area contributed by atoms with Gasteiger partial charge in [-0.3, -0.25) is 14.5 Å². The Morgan fingerprint density at radius 2 is 2.00 bits per heavy atom. The Morgan fingerprint density at radius 3 is 2.59 bits per heavy atom. The van der Waals surface area contributed by atoms with Gasteiger partial charge in [-0.1, -0.05) is 25.5 Å². The van der Waals surface area contributed by atoms with Crippen LogP contribution in [-0.4, -0.2) is 60.9 Å². The lowest BCUT2D eigenvalue weighted by Crippen LogP contribution is -2.43. The van der Waals surface area contributed by atoms with Crippen LogP contribution in [0.5, 0.6) is 5.75 Å². The molecule has 160 valence electrons. The molecule has 0 bridgehead atoms. The molecule has 1 saturated heterocycles. The van der Waals surface area contributed by atoms with Crippen LogP contribution >= 0.6 is 0 Å². The second kappa shape index (κ2) is 9.61. The summed E-state index contributed by atoms with van der Waals surface area (Å²) >= 11 is 0. The summed E-state index contributed by atoms with van der Waals surface area (Å²) < 4.78 is 5.27. The van der Waals surface area contributed by atoms with E-state index in [0.29, 0.717) is 25.2 Å². The fourth-order valence-electron chi connectivity index (χ4n) is 4.20. The van der Waals surface area contributed by atoms with Crippen molar-refractivity contribution in [1.29, 1.82) is 0 Å². The van der Waals surface area contributed by atoms with Gasteiger partial charge in [0.2, 0.25) is 11.8 Å². The molecule has 29 heavy (non-hydrogen) atoms. The van der Waals surface area contributed by atoms with Crippen molar-refractivity contribution in [3.05, 3.63) is 29.8 Å². The highest BCUT2D eigenvalue weighted by Crippen LogP contribution is 2.39. The van der Waals surface area contributed by atoms with E-state index >= 15 is 0 Å². The van der Waals surface area contributed by atoms with E-state index in [9.17, 15) is 9.59 Å². The van der Waals surface area contributed by atoms with Crippen molar-refractivity contribution in [2.45, 2.75) is 64.1 Å². The Hall–Kier alpha value is -2.08. The Balaban J connectivity index is 1.72. The second-order valence-corrected chi connectivity index (χ2v) is 8.46. The van der Waals surface area contributed by atoms with E-state index in [0.717, 1.165) is 24.2 Å². The van der Waals surface area contributed by atoms with Gasteiger partial charge in [-0.25, -0.2) is 0 Å². The van der Waals surface area contributed by atoms with Gasteiger partial charge in [0, 0.05) is 31.6 Å². The summed E-state index contributed by atoms with van der Waals surface area (Å²) in [6, 6.07) is 8.49. The summed E-state index contributed by atoms with van der Waals surface area (Å²) in [7, 11) is 3.76. The van der Waals surface area contributed by atoms with Gasteiger partial charge in [0.1, 0.15) is 5.75 Å². The summed E-state index contributed by atoms with van der Waals surface area (Å²) in [5.74, 6) is 0.471. The molecule has 0 aromatic heterocycles. The smallest absolute Gasteiger partial charge is 0.226 e. The number of nitrogens with one attached hydrogen (secondary N) is 1. The summed E-state index contributed by atoms with van der Waals surface area (Å²) in [4.78, 5) is 30.1. The second-order valence-electron chi connectivity index (χ2n) is 8.46. The molecule has 1 aliphatic carbocycles. The molecular formula is C23H35N3O3. The molecule has 2 aliphatic rings. The van der Waals surface area contributed by atoms with Crippen LogP contribution in [0.25, 0.3) is 0 Å². The average molecular weight is 402 g/mol. The van der Waals surface area contributed by atoms with Crippen molar-refractivity contribution in [1.82, 2.24) is 15.1 Å². The van der Waals surface area contributed by atoms with E-state index in [4.69, 9.17) is 4.74 Å². The van der Waals surface area contributed by atoms with Gasteiger partial charge in [-0.05, 0) is 50.9 Å². The maximum absolute atomic E-state index is 13.1. The van der Waals surface area contributed by atoms with E-state index in [2.05, 4.69) is 31.1 Å². The number of methoxy groups -OCH3 is 1. The Morgan fingerprint density at radius 1 is 1.31 bits per heavy atom. The Labute approximate surface area is 174 Å². The zero-order valence-electron chi connectivity index (χ0n) is 18.2. The largest absolute Gasteiger partial charge is 0.497 e. The monoisotopic (exact) mass is 401 g/mol. The van der Waals surface area contributed by atoms with Crippen LogP contribution < -0.4 is 10.1 Å². The van der Waals surface area contributed by atoms with Crippen LogP contribution in [0, 0.1) is 5.92 Å². The first-order valence-corrected chi connectivity index (χ1v) is 10.9. The van der Waals surface area contributed by atoms with Crippen molar-refractivity contribution < 1.29 is 14.3 Å². The van der Waals surface area contributed by atoms with Crippen molar-refractivity contribution in [3.8, 4) is 5.75 Å². The third-order valence-electron chi connectivity index (χ3n) is 6.37. The molecule has 1 saturated carbocycles. The van der Waals surface area contributed by atoms with Crippen LogP contribution in [0.1, 0.15) is 57.6 Å². The van der Waals surface area contributed by atoms with Gasteiger partial charge in [-0.15, -0.1) is 0 Å². The van der Waals surface area contributed by atoms with Crippen molar-refractivity contribution in [3.63, 3.8) is 0 Å². The summed E-state index contributed by atoms with van der Waals surface area (Å²) in [5, 5.41) is 3.12. The molecule has 0 radical (unpaired) electrons. The number of hydrogen-bond acceptors (Lipinski definition) is 4. The molecule has 1 heterocycles. The highest BCUT2D eigenvalue weighted by Gasteiger charge is 2.44. The lowest BCUT2D eigenvalue weighted by Gasteiger charge is -2.29. The van der Waals surface area contributed by atoms with Crippen molar-refractivity contribution in [2.24, 2.45) is 5.92 Å². The normalized spacial score (nSPS) is 22.8. The molecule has 3 unspecified atom stereocenters. The minimum Gasteiger partial charge on any atom is -0.497 e. The summed E-state index contributed by atoms with van der Waals surface area (Å²) in [5.41, 5.74) is 0.996. The standard InChI is InChI=1S/C23H35N3O3/c1-5-6-13-26-21(27)14-20(22(26)17-7-11-19(29-4)12-8-17)23(28)24-15-16(2)25(3)18-9-10-18/h7-8,11-12,16,18,20,22H,5-6,9-10,13-15H2,1-4H3,(H,24,28). The number of unbranched alkanes of at least 4 members (excludes halogenated alkanes) is 1. The Kier molecular flexibility index (Phi) is 7.17. The first-order valence-electron chi connectivity index (χ1n) is 10.9. The van der Waals surface area contributed by atoms with Gasteiger partial charge in [0.05, 0.1) is 19.1 Å². The summed E-state index contributed by atoms with van der Waals surface area (Å²) in [6.45, 7) is 5.56. The molecular weight excluding hydrogens is 366 g/mol. The maximum Gasteiger partial charge on any atom is 0.226 e. The van der Waals surface area contributed by atoms with Gasteiger partial charge in [-0.2, -0.15) is 0 Å². The van der Waals surface area contributed by atoms with Crippen LogP contribution in [0.2, 0.25) is 0 Å². The highest BCUT2D eigenvalue weighted by atomic mass is 16.5. The van der Waals surface area contributed by atoms with E-state index in [1.807, 2.05) is 29.2 Å². The predicted molar refractivity (Wildman–Crippen MR) is 114 cm³/mol. The number of amides is 2. The number of likely N-dealkylation sites (N-methyl/N-ethyl adjacent to an activating group) is 1. The van der Waals surface area contributed by atoms with Crippen LogP contribution in [0.4, 0.5) is 0 Å². The molecule has 0 spiro atoms. The number of benzene rings is 1. The van der Waals surface area contributed by atoms with E-state index in [-0.39, 0.29) is 30.2 Å². The number of rotatable bonds is 10. The zero-order chi connectivity index (χ0) is 21.0. The van der Waals surface area contributed by atoms with Gasteiger partial charge in [0.25, 0.3) is 0 Å². The summed E-state index contributed by atoms with van der Waals surface area (Å²) in [6.07, 6.45) is 4.73. The van der Waals surface area contributed by atoms with Gasteiger partial charge >= 0.3 is 0 Å². The highest BCUT2D eigenvalue weighted by molar-refractivity contribution is 5.90. The first kappa shape index (κ1) is 21.6. The lowest BCUT2D eigenvalue weighted by atomic mass is 9.92. The van der Waals surface area contributed by atoms with E-state index in [1.54, 1.807) is 7.11 Å². The SMILES string of the molecule is CCCCN1C(=O)CC(C(=O)NCC(C)N(C)C2CC2)C1c1ccc(OC)cc1. The fraction of sp³-hybridized carbons (Fsp3) is 0.652. The molecule has 3 atom stereocenters. The molecule has 6 nitrogen and oxygen atoms in total. The van der Waals surface area contributed by atoms with Crippen molar-refractivity contribution >= 4 is 11.8 Å². The van der Waals surface area contributed by atoms with Gasteiger partial charge in [0.15, 0.2) is 0 Å². The molecule has 3 rings (SSSR count). The topological polar surface area (TPSA) is 61.9 Å². The third kappa shape index (κ3) is 5.10. The average Bonchev–Trinajstić information content (AvgIpc) is 3.53. The molecule has 1 aromatic rings. The van der Waals surface area contributed by atoms with Crippen molar-refractivity contribution in [2.75, 3.05) is 27.2 Å². The number of carbonyl (C=O) groups excluding carboxylic acids is 2. The Bertz CT molecular complexity index is 702.